The number of hydrogen-bond donors (Lipinski definition) is 1. The average molecular weight is 324 g/mol. The summed E-state index contributed by atoms with van der Waals surface area (Å²) in [4.78, 5) is 19.0. The van der Waals surface area contributed by atoms with Crippen LogP contribution in [-0.4, -0.2) is 52.1 Å². The first kappa shape index (κ1) is 16.7. The van der Waals surface area contributed by atoms with Gasteiger partial charge in [-0.05, 0) is 45.3 Å². The third-order valence-electron chi connectivity index (χ3n) is 4.13. The molecule has 0 spiro atoms. The molecule has 3 rings (SSSR count). The summed E-state index contributed by atoms with van der Waals surface area (Å²) in [6, 6.07) is 1.89. The summed E-state index contributed by atoms with van der Waals surface area (Å²) >= 11 is 0. The number of aromatic nitrogens is 3. The summed E-state index contributed by atoms with van der Waals surface area (Å²) in [6.45, 7) is 4.58. The Kier molecular flexibility index (Phi) is 5.37. The summed E-state index contributed by atoms with van der Waals surface area (Å²) < 4.78 is 1.66. The van der Waals surface area contributed by atoms with Gasteiger partial charge in [-0.2, -0.15) is 5.10 Å². The number of halogens is 1. The van der Waals surface area contributed by atoms with Gasteiger partial charge >= 0.3 is 0 Å². The third kappa shape index (κ3) is 3.23. The second kappa shape index (κ2) is 7.07. The fourth-order valence-corrected chi connectivity index (χ4v) is 2.91. The molecule has 0 bridgehead atoms. The summed E-state index contributed by atoms with van der Waals surface area (Å²) in [7, 11) is 1.98. The Morgan fingerprint density at radius 1 is 1.41 bits per heavy atom. The van der Waals surface area contributed by atoms with Gasteiger partial charge in [0.25, 0.3) is 5.91 Å². The largest absolute Gasteiger partial charge is 0.338 e. The van der Waals surface area contributed by atoms with Crippen LogP contribution < -0.4 is 5.32 Å². The summed E-state index contributed by atoms with van der Waals surface area (Å²) in [6.07, 6.45) is 5.58. The van der Waals surface area contributed by atoms with E-state index in [1.807, 2.05) is 31.1 Å². The minimum absolute atomic E-state index is 0. The van der Waals surface area contributed by atoms with Gasteiger partial charge in [0.1, 0.15) is 5.56 Å². The highest BCUT2D eigenvalue weighted by atomic mass is 35.5. The Labute approximate surface area is 136 Å². The third-order valence-corrected chi connectivity index (χ3v) is 4.13. The topological polar surface area (TPSA) is 62.5 Å². The molecular formula is C15H22ClN5O. The molecule has 1 amide bonds. The minimum Gasteiger partial charge on any atom is -0.338 e. The van der Waals surface area contributed by atoms with Crippen LogP contribution in [-0.2, 0) is 0 Å². The van der Waals surface area contributed by atoms with E-state index in [1.165, 1.54) is 0 Å². The van der Waals surface area contributed by atoms with Crippen molar-refractivity contribution < 1.29 is 4.79 Å². The molecule has 1 N–H and O–H groups in total. The standard InChI is InChI=1S/C15H21N5O.ClH/c1-11-3-8-20-14(18-11)13(10-17-20)15(21)19-6-4-12(5-7-19)9-16-2;/h3,8,10,12,16H,4-7,9H2,1-2H3;1H. The van der Waals surface area contributed by atoms with Crippen molar-refractivity contribution in [3.05, 3.63) is 29.7 Å². The van der Waals surface area contributed by atoms with E-state index in [0.717, 1.165) is 38.2 Å². The molecule has 0 radical (unpaired) electrons. The van der Waals surface area contributed by atoms with Crippen molar-refractivity contribution in [1.29, 1.82) is 0 Å². The number of fused-ring (bicyclic) bond motifs is 1. The Morgan fingerprint density at radius 3 is 2.82 bits per heavy atom. The molecule has 0 aliphatic carbocycles. The monoisotopic (exact) mass is 323 g/mol. The van der Waals surface area contributed by atoms with Gasteiger partial charge in [0.05, 0.1) is 6.20 Å². The first-order valence-electron chi connectivity index (χ1n) is 7.44. The zero-order valence-electron chi connectivity index (χ0n) is 13.0. The molecule has 120 valence electrons. The Bertz CT molecular complexity index is 648. The van der Waals surface area contributed by atoms with Gasteiger partial charge in [-0.15, -0.1) is 12.4 Å². The molecule has 1 fully saturated rings. The van der Waals surface area contributed by atoms with Gasteiger partial charge in [0, 0.05) is 25.0 Å². The van der Waals surface area contributed by atoms with E-state index in [9.17, 15) is 4.79 Å². The van der Waals surface area contributed by atoms with Gasteiger partial charge in [-0.3, -0.25) is 4.79 Å². The van der Waals surface area contributed by atoms with Crippen LogP contribution in [0.5, 0.6) is 0 Å². The van der Waals surface area contributed by atoms with Crippen LogP contribution in [0.3, 0.4) is 0 Å². The number of hydrogen-bond acceptors (Lipinski definition) is 4. The maximum absolute atomic E-state index is 12.7. The van der Waals surface area contributed by atoms with E-state index in [2.05, 4.69) is 15.4 Å². The first-order chi connectivity index (χ1) is 10.2. The van der Waals surface area contributed by atoms with E-state index in [1.54, 1.807) is 10.7 Å². The van der Waals surface area contributed by atoms with Crippen LogP contribution in [0.15, 0.2) is 18.5 Å². The van der Waals surface area contributed by atoms with Crippen molar-refractivity contribution in [3.8, 4) is 0 Å². The van der Waals surface area contributed by atoms with Crippen LogP contribution in [0, 0.1) is 12.8 Å². The number of nitrogens with one attached hydrogen (secondary N) is 1. The lowest BCUT2D eigenvalue weighted by Crippen LogP contribution is -2.40. The molecule has 0 atom stereocenters. The van der Waals surface area contributed by atoms with E-state index in [0.29, 0.717) is 17.1 Å². The average Bonchev–Trinajstić information content (AvgIpc) is 2.90. The summed E-state index contributed by atoms with van der Waals surface area (Å²) in [5, 5.41) is 7.43. The van der Waals surface area contributed by atoms with Crippen molar-refractivity contribution in [2.75, 3.05) is 26.7 Å². The van der Waals surface area contributed by atoms with Crippen LogP contribution in [0.4, 0.5) is 0 Å². The predicted octanol–water partition coefficient (Wildman–Crippen LogP) is 1.53. The SMILES string of the molecule is CNCC1CCN(C(=O)c2cnn3ccc(C)nc23)CC1.Cl. The molecule has 0 unspecified atom stereocenters. The van der Waals surface area contributed by atoms with Crippen molar-refractivity contribution in [2.24, 2.45) is 5.92 Å². The Morgan fingerprint density at radius 2 is 2.14 bits per heavy atom. The number of rotatable bonds is 3. The quantitative estimate of drug-likeness (QED) is 0.930. The smallest absolute Gasteiger partial charge is 0.259 e. The van der Waals surface area contributed by atoms with Gasteiger partial charge in [0.2, 0.25) is 0 Å². The molecule has 6 nitrogen and oxygen atoms in total. The van der Waals surface area contributed by atoms with Gasteiger partial charge in [-0.25, -0.2) is 9.50 Å². The molecule has 3 heterocycles. The highest BCUT2D eigenvalue weighted by Gasteiger charge is 2.25. The van der Waals surface area contributed by atoms with Crippen molar-refractivity contribution >= 4 is 24.0 Å². The Hall–Kier alpha value is -1.66. The zero-order valence-corrected chi connectivity index (χ0v) is 13.8. The number of likely N-dealkylation sites (tertiary alicyclic amines) is 1. The number of carbonyl (C=O) groups is 1. The first-order valence-corrected chi connectivity index (χ1v) is 7.44. The lowest BCUT2D eigenvalue weighted by atomic mass is 9.96. The number of amides is 1. The molecular weight excluding hydrogens is 302 g/mol. The summed E-state index contributed by atoms with van der Waals surface area (Å²) in [5.41, 5.74) is 2.15. The molecule has 1 aliphatic heterocycles. The second-order valence-corrected chi connectivity index (χ2v) is 5.69. The van der Waals surface area contributed by atoms with Crippen LogP contribution >= 0.6 is 12.4 Å². The van der Waals surface area contributed by atoms with Crippen LogP contribution in [0.1, 0.15) is 28.9 Å². The maximum Gasteiger partial charge on any atom is 0.259 e. The fourth-order valence-electron chi connectivity index (χ4n) is 2.91. The normalized spacial score (nSPS) is 15.8. The molecule has 2 aromatic heterocycles. The maximum atomic E-state index is 12.7. The molecule has 0 aromatic carbocycles. The number of carbonyl (C=O) groups excluding carboxylic acids is 1. The fraction of sp³-hybridized carbons (Fsp3) is 0.533. The van der Waals surface area contributed by atoms with E-state index in [4.69, 9.17) is 0 Å². The number of nitrogens with zero attached hydrogens (tertiary/aromatic N) is 4. The van der Waals surface area contributed by atoms with Gasteiger partial charge < -0.3 is 10.2 Å². The number of aryl methyl sites for hydroxylation is 1. The van der Waals surface area contributed by atoms with Gasteiger partial charge in [-0.1, -0.05) is 0 Å². The van der Waals surface area contributed by atoms with E-state index < -0.39 is 0 Å². The van der Waals surface area contributed by atoms with Gasteiger partial charge in [0.15, 0.2) is 5.65 Å². The van der Waals surface area contributed by atoms with E-state index in [-0.39, 0.29) is 18.3 Å². The summed E-state index contributed by atoms with van der Waals surface area (Å²) in [5.74, 6) is 0.717. The van der Waals surface area contributed by atoms with E-state index >= 15 is 0 Å². The lowest BCUT2D eigenvalue weighted by Gasteiger charge is -2.31. The molecule has 7 heteroatoms. The van der Waals surface area contributed by atoms with Crippen molar-refractivity contribution in [2.45, 2.75) is 19.8 Å². The zero-order chi connectivity index (χ0) is 14.8. The van der Waals surface area contributed by atoms with Crippen LogP contribution in [0.25, 0.3) is 5.65 Å². The molecule has 1 aliphatic rings. The number of piperidine rings is 1. The van der Waals surface area contributed by atoms with Crippen molar-refractivity contribution in [3.63, 3.8) is 0 Å². The highest BCUT2D eigenvalue weighted by molar-refractivity contribution is 5.99. The van der Waals surface area contributed by atoms with Crippen molar-refractivity contribution in [1.82, 2.24) is 24.8 Å². The Balaban J connectivity index is 0.00000176. The molecule has 1 saturated heterocycles. The molecule has 0 saturated carbocycles. The molecule has 22 heavy (non-hydrogen) atoms. The predicted molar refractivity (Wildman–Crippen MR) is 87.5 cm³/mol. The minimum atomic E-state index is 0. The second-order valence-electron chi connectivity index (χ2n) is 5.69. The molecule has 2 aromatic rings. The lowest BCUT2D eigenvalue weighted by molar-refractivity contribution is 0.0692. The highest BCUT2D eigenvalue weighted by Crippen LogP contribution is 2.19. The van der Waals surface area contributed by atoms with Crippen LogP contribution in [0.2, 0.25) is 0 Å².